The first-order valence-electron chi connectivity index (χ1n) is 5.47. The summed E-state index contributed by atoms with van der Waals surface area (Å²) in [5.74, 6) is 1.26. The van der Waals surface area contributed by atoms with Gasteiger partial charge in [0.2, 0.25) is 0 Å². The molecule has 0 saturated carbocycles. The van der Waals surface area contributed by atoms with Crippen molar-refractivity contribution in [2.45, 2.75) is 23.2 Å². The van der Waals surface area contributed by atoms with Gasteiger partial charge in [-0.15, -0.1) is 0 Å². The lowest BCUT2D eigenvalue weighted by atomic mass is 10.4. The molecule has 2 rings (SSSR count). The Kier molecular flexibility index (Phi) is 4.27. The zero-order valence-corrected chi connectivity index (χ0v) is 11.9. The van der Waals surface area contributed by atoms with E-state index in [1.165, 1.54) is 17.6 Å². The molecule has 100 valence electrons. The van der Waals surface area contributed by atoms with Crippen molar-refractivity contribution in [1.82, 2.24) is 14.3 Å². The number of hydrogen-bond donors (Lipinski definition) is 1. The molecule has 19 heavy (non-hydrogen) atoms. The van der Waals surface area contributed by atoms with Crippen LogP contribution in [0.2, 0.25) is 0 Å². The predicted octanol–water partition coefficient (Wildman–Crippen LogP) is 2.73. The Bertz CT molecular complexity index is 601. The maximum Gasteiger partial charge on any atom is 0.301 e. The Labute approximate surface area is 117 Å². The van der Waals surface area contributed by atoms with Gasteiger partial charge in [-0.2, -0.15) is 4.37 Å². The van der Waals surface area contributed by atoms with Crippen molar-refractivity contribution in [3.63, 3.8) is 0 Å². The molecule has 0 aromatic carbocycles. The van der Waals surface area contributed by atoms with E-state index in [2.05, 4.69) is 19.7 Å². The standard InChI is InChI=1S/C10H11N5O2S2/c1-3-11-8-5-4-7(15(16)17)9(13-8)18-10-12-6(2)14-19-10/h4-5H,3H2,1-2H3,(H,11,13). The summed E-state index contributed by atoms with van der Waals surface area (Å²) in [7, 11) is 0. The van der Waals surface area contributed by atoms with Crippen molar-refractivity contribution in [3.05, 3.63) is 28.1 Å². The molecule has 0 spiro atoms. The smallest absolute Gasteiger partial charge is 0.301 e. The van der Waals surface area contributed by atoms with E-state index < -0.39 is 4.92 Å². The van der Waals surface area contributed by atoms with Crippen LogP contribution in [0, 0.1) is 17.0 Å². The van der Waals surface area contributed by atoms with Crippen molar-refractivity contribution in [2.24, 2.45) is 0 Å². The summed E-state index contributed by atoms with van der Waals surface area (Å²) in [6.45, 7) is 4.41. The molecular weight excluding hydrogens is 286 g/mol. The molecule has 0 bridgehead atoms. The lowest BCUT2D eigenvalue weighted by Crippen LogP contribution is -2.01. The second-order valence-corrected chi connectivity index (χ2v) is 5.51. The number of aryl methyl sites for hydroxylation is 1. The largest absolute Gasteiger partial charge is 0.370 e. The summed E-state index contributed by atoms with van der Waals surface area (Å²) in [5, 5.41) is 14.3. The molecule has 2 heterocycles. The van der Waals surface area contributed by atoms with Crippen molar-refractivity contribution < 1.29 is 4.92 Å². The molecule has 7 nitrogen and oxygen atoms in total. The summed E-state index contributed by atoms with van der Waals surface area (Å²) in [5.41, 5.74) is -0.0282. The van der Waals surface area contributed by atoms with Crippen LogP contribution in [0.25, 0.3) is 0 Å². The molecule has 2 aromatic heterocycles. The van der Waals surface area contributed by atoms with Gasteiger partial charge in [0.05, 0.1) is 4.92 Å². The molecular formula is C10H11N5O2S2. The molecule has 0 amide bonds. The molecule has 2 aromatic rings. The normalized spacial score (nSPS) is 10.4. The van der Waals surface area contributed by atoms with E-state index in [9.17, 15) is 10.1 Å². The lowest BCUT2D eigenvalue weighted by molar-refractivity contribution is -0.388. The highest BCUT2D eigenvalue weighted by Gasteiger charge is 2.18. The number of nitrogens with zero attached hydrogens (tertiary/aromatic N) is 4. The number of nitro groups is 1. The Morgan fingerprint density at radius 3 is 2.84 bits per heavy atom. The maximum atomic E-state index is 11.0. The molecule has 0 aliphatic heterocycles. The van der Waals surface area contributed by atoms with E-state index in [0.29, 0.717) is 27.6 Å². The van der Waals surface area contributed by atoms with Crippen LogP contribution < -0.4 is 5.32 Å². The summed E-state index contributed by atoms with van der Waals surface area (Å²) >= 11 is 2.36. The first-order chi connectivity index (χ1) is 9.10. The maximum absolute atomic E-state index is 11.0. The van der Waals surface area contributed by atoms with E-state index >= 15 is 0 Å². The fourth-order valence-electron chi connectivity index (χ4n) is 1.33. The van der Waals surface area contributed by atoms with Crippen LogP contribution in [-0.4, -0.2) is 25.8 Å². The van der Waals surface area contributed by atoms with Crippen LogP contribution in [-0.2, 0) is 0 Å². The van der Waals surface area contributed by atoms with Gasteiger partial charge in [-0.3, -0.25) is 10.1 Å². The first kappa shape index (κ1) is 13.7. The number of nitrogens with one attached hydrogen (secondary N) is 1. The van der Waals surface area contributed by atoms with E-state index in [1.807, 2.05) is 6.92 Å². The minimum absolute atomic E-state index is 0.0282. The molecule has 0 aliphatic rings. The summed E-state index contributed by atoms with van der Waals surface area (Å²) in [6.07, 6.45) is 0. The molecule has 0 radical (unpaired) electrons. The van der Waals surface area contributed by atoms with Crippen LogP contribution in [0.5, 0.6) is 0 Å². The third-order valence-corrected chi connectivity index (χ3v) is 3.92. The average Bonchev–Trinajstić information content (AvgIpc) is 2.75. The second-order valence-electron chi connectivity index (χ2n) is 3.52. The quantitative estimate of drug-likeness (QED) is 0.669. The van der Waals surface area contributed by atoms with Gasteiger partial charge in [0.15, 0.2) is 9.37 Å². The van der Waals surface area contributed by atoms with Gasteiger partial charge in [-0.05, 0) is 43.2 Å². The fraction of sp³-hybridized carbons (Fsp3) is 0.300. The number of aromatic nitrogens is 3. The Balaban J connectivity index is 2.34. The molecule has 0 fully saturated rings. The van der Waals surface area contributed by atoms with Gasteiger partial charge in [-0.1, -0.05) is 0 Å². The van der Waals surface area contributed by atoms with E-state index in [1.54, 1.807) is 13.0 Å². The van der Waals surface area contributed by atoms with Crippen molar-refractivity contribution >= 4 is 34.8 Å². The van der Waals surface area contributed by atoms with Gasteiger partial charge in [-0.25, -0.2) is 9.97 Å². The monoisotopic (exact) mass is 297 g/mol. The molecule has 0 aliphatic carbocycles. The van der Waals surface area contributed by atoms with Crippen molar-refractivity contribution in [2.75, 3.05) is 11.9 Å². The van der Waals surface area contributed by atoms with E-state index in [-0.39, 0.29) is 5.69 Å². The van der Waals surface area contributed by atoms with Gasteiger partial charge < -0.3 is 5.32 Å². The van der Waals surface area contributed by atoms with Gasteiger partial charge in [0, 0.05) is 12.6 Å². The zero-order chi connectivity index (χ0) is 13.8. The van der Waals surface area contributed by atoms with E-state index in [4.69, 9.17) is 0 Å². The molecule has 1 N–H and O–H groups in total. The summed E-state index contributed by atoms with van der Waals surface area (Å²) < 4.78 is 4.68. The SMILES string of the molecule is CCNc1ccc([N+](=O)[O-])c(Sc2nc(C)ns2)n1. The van der Waals surface area contributed by atoms with Crippen LogP contribution in [0.3, 0.4) is 0 Å². The molecule has 9 heteroatoms. The van der Waals surface area contributed by atoms with Gasteiger partial charge >= 0.3 is 5.69 Å². The zero-order valence-electron chi connectivity index (χ0n) is 10.3. The highest BCUT2D eigenvalue weighted by atomic mass is 32.2. The van der Waals surface area contributed by atoms with Crippen molar-refractivity contribution in [3.8, 4) is 0 Å². The predicted molar refractivity (Wildman–Crippen MR) is 73.8 cm³/mol. The fourth-order valence-corrected chi connectivity index (χ4v) is 2.98. The Hall–Kier alpha value is -1.74. The molecule has 0 atom stereocenters. The number of pyridine rings is 1. The number of anilines is 1. The molecule has 0 saturated heterocycles. The average molecular weight is 297 g/mol. The van der Waals surface area contributed by atoms with Crippen molar-refractivity contribution in [1.29, 1.82) is 0 Å². The van der Waals surface area contributed by atoms with Crippen LogP contribution in [0.1, 0.15) is 12.7 Å². The number of rotatable bonds is 5. The summed E-state index contributed by atoms with van der Waals surface area (Å²) in [6, 6.07) is 3.04. The topological polar surface area (TPSA) is 93.8 Å². The molecule has 0 unspecified atom stereocenters. The highest BCUT2D eigenvalue weighted by molar-refractivity contribution is 8.01. The number of hydrogen-bond acceptors (Lipinski definition) is 8. The van der Waals surface area contributed by atoms with Crippen LogP contribution >= 0.6 is 23.3 Å². The Morgan fingerprint density at radius 2 is 2.26 bits per heavy atom. The third-order valence-electron chi connectivity index (χ3n) is 2.09. The second kappa shape index (κ2) is 5.93. The Morgan fingerprint density at radius 1 is 1.47 bits per heavy atom. The summed E-state index contributed by atoms with van der Waals surface area (Å²) in [4.78, 5) is 18.9. The minimum atomic E-state index is -0.445. The van der Waals surface area contributed by atoms with Crippen LogP contribution in [0.4, 0.5) is 11.5 Å². The highest BCUT2D eigenvalue weighted by Crippen LogP contribution is 2.34. The minimum Gasteiger partial charge on any atom is -0.370 e. The van der Waals surface area contributed by atoms with Crippen LogP contribution in [0.15, 0.2) is 21.5 Å². The first-order valence-corrected chi connectivity index (χ1v) is 7.06. The van der Waals surface area contributed by atoms with Gasteiger partial charge in [0.25, 0.3) is 0 Å². The third kappa shape index (κ3) is 3.38. The lowest BCUT2D eigenvalue weighted by Gasteiger charge is -2.04. The van der Waals surface area contributed by atoms with E-state index in [0.717, 1.165) is 11.8 Å². The van der Waals surface area contributed by atoms with Gasteiger partial charge in [0.1, 0.15) is 11.6 Å².